The van der Waals surface area contributed by atoms with Crippen molar-refractivity contribution >= 4 is 39.5 Å². The highest BCUT2D eigenvalue weighted by Crippen LogP contribution is 2.45. The Labute approximate surface area is 556 Å². The van der Waals surface area contributed by atoms with Crippen molar-refractivity contribution in [1.29, 1.82) is 0 Å². The molecule has 2 unspecified atom stereocenters. The Kier molecular flexibility index (Phi) is 65.2. The minimum atomic E-state index is -4.95. The first-order chi connectivity index (χ1) is 44.2. The van der Waals surface area contributed by atoms with Crippen molar-refractivity contribution in [2.75, 3.05) is 39.6 Å². The van der Waals surface area contributed by atoms with Crippen LogP contribution in [0.25, 0.3) is 0 Å². The minimum Gasteiger partial charge on any atom is -0.462 e. The molecule has 19 heteroatoms. The zero-order valence-electron chi connectivity index (χ0n) is 58.8. The molecule has 3 N–H and O–H groups in total. The van der Waals surface area contributed by atoms with Gasteiger partial charge in [0.2, 0.25) is 0 Å². The number of carbonyl (C=O) groups excluding carboxylic acids is 4. The third-order valence-corrected chi connectivity index (χ3v) is 18.8. The Hall–Kier alpha value is -1.94. The molecule has 0 aliphatic heterocycles. The normalized spacial score (nSPS) is 14.0. The zero-order chi connectivity index (χ0) is 66.8. The minimum absolute atomic E-state index is 0.106. The van der Waals surface area contributed by atoms with Crippen LogP contribution in [0.3, 0.4) is 0 Å². The molecule has 0 aromatic heterocycles. The molecule has 0 aromatic carbocycles. The van der Waals surface area contributed by atoms with Crippen molar-refractivity contribution in [2.45, 2.75) is 399 Å². The van der Waals surface area contributed by atoms with Gasteiger partial charge in [-0.15, -0.1) is 0 Å². The number of hydrogen-bond acceptors (Lipinski definition) is 15. The number of aliphatic hydroxyl groups is 1. The standard InChI is InChI=1S/C72H140O17P2/c1-5-9-13-17-21-25-27-29-31-32-33-34-35-36-38-40-43-47-51-55-59-72(77)89-68(63-83-70(75)57-53-49-45-42-39-37-30-28-26-22-18-14-10-6-2)65-87-91(80,81)85-61-66(73)60-84-90(78,79)86-64-67(62-82-69(74)56-52-48-44-24-20-16-12-8-4)88-71(76)58-54-50-46-41-23-19-15-11-7-3/h66-68,73H,5-65H2,1-4H3,(H,78,79)(H,80,81)/t66-,67+,68+/m0/s1. The van der Waals surface area contributed by atoms with Gasteiger partial charge in [-0.2, -0.15) is 0 Å². The molecule has 0 fully saturated rings. The molecule has 0 rings (SSSR count). The highest BCUT2D eigenvalue weighted by atomic mass is 31.2. The molecule has 0 aliphatic rings. The summed E-state index contributed by atoms with van der Waals surface area (Å²) in [5.74, 6) is -2.12. The van der Waals surface area contributed by atoms with Crippen LogP contribution in [0, 0.1) is 0 Å². The Balaban J connectivity index is 5.16. The molecule has 5 atom stereocenters. The molecule has 17 nitrogen and oxygen atoms in total. The fourth-order valence-corrected chi connectivity index (χ4v) is 12.6. The van der Waals surface area contributed by atoms with Gasteiger partial charge in [0.15, 0.2) is 12.2 Å². The summed E-state index contributed by atoms with van der Waals surface area (Å²) in [7, 11) is -9.89. The maximum atomic E-state index is 13.0. The number of phosphoric ester groups is 2. The van der Waals surface area contributed by atoms with Gasteiger partial charge in [-0.3, -0.25) is 37.3 Å². The van der Waals surface area contributed by atoms with E-state index < -0.39 is 97.5 Å². The third-order valence-electron chi connectivity index (χ3n) is 16.9. The SMILES string of the molecule is CCCCCCCCCCCCCCCCCCCCCCC(=O)O[C@H](COC(=O)CCCCCCCCCCCCCCCC)COP(=O)(O)OC[C@@H](O)COP(=O)(O)OC[C@@H](COC(=O)CCCCCCCCCC)OC(=O)CCCCCCCCCCC. The van der Waals surface area contributed by atoms with Crippen molar-refractivity contribution in [1.82, 2.24) is 0 Å². The van der Waals surface area contributed by atoms with Crippen LogP contribution in [-0.4, -0.2) is 96.7 Å². The van der Waals surface area contributed by atoms with E-state index in [1.165, 1.54) is 205 Å². The molecule has 0 radical (unpaired) electrons. The zero-order valence-corrected chi connectivity index (χ0v) is 60.6. The van der Waals surface area contributed by atoms with Crippen molar-refractivity contribution < 1.29 is 80.2 Å². The molecule has 0 aromatic rings. The van der Waals surface area contributed by atoms with Crippen molar-refractivity contribution in [3.8, 4) is 0 Å². The number of unbranched alkanes of at least 4 members (excludes halogenated alkanes) is 47. The summed E-state index contributed by atoms with van der Waals surface area (Å²) in [6, 6.07) is 0. The van der Waals surface area contributed by atoms with Gasteiger partial charge in [-0.25, -0.2) is 9.13 Å². The average molecular weight is 1340 g/mol. The highest BCUT2D eigenvalue weighted by molar-refractivity contribution is 7.47. The third kappa shape index (κ3) is 66.5. The molecule has 0 saturated carbocycles. The van der Waals surface area contributed by atoms with Crippen LogP contribution in [0.5, 0.6) is 0 Å². The van der Waals surface area contributed by atoms with E-state index in [0.717, 1.165) is 96.3 Å². The van der Waals surface area contributed by atoms with Crippen LogP contribution >= 0.6 is 15.6 Å². The van der Waals surface area contributed by atoms with Crippen molar-refractivity contribution in [3.05, 3.63) is 0 Å². The lowest BCUT2D eigenvalue weighted by Gasteiger charge is -2.21. The molecular weight excluding hydrogens is 1200 g/mol. The van der Waals surface area contributed by atoms with Crippen molar-refractivity contribution in [2.24, 2.45) is 0 Å². The van der Waals surface area contributed by atoms with Gasteiger partial charge < -0.3 is 33.8 Å². The lowest BCUT2D eigenvalue weighted by Crippen LogP contribution is -2.30. The molecule has 0 saturated heterocycles. The summed E-state index contributed by atoms with van der Waals surface area (Å²) in [6.07, 6.45) is 55.6. The number of phosphoric acid groups is 2. The van der Waals surface area contributed by atoms with Gasteiger partial charge in [0.1, 0.15) is 19.3 Å². The van der Waals surface area contributed by atoms with Gasteiger partial charge in [0.05, 0.1) is 26.4 Å². The van der Waals surface area contributed by atoms with E-state index in [2.05, 4.69) is 27.7 Å². The second-order valence-electron chi connectivity index (χ2n) is 26.0. The number of rotatable bonds is 73. The van der Waals surface area contributed by atoms with Crippen molar-refractivity contribution in [3.63, 3.8) is 0 Å². The molecule has 0 heterocycles. The monoisotopic (exact) mass is 1340 g/mol. The van der Waals surface area contributed by atoms with Crippen LogP contribution in [0.15, 0.2) is 0 Å². The summed E-state index contributed by atoms with van der Waals surface area (Å²) in [5, 5.41) is 10.6. The lowest BCUT2D eigenvalue weighted by atomic mass is 10.0. The Morgan fingerprint density at radius 2 is 0.440 bits per heavy atom. The predicted molar refractivity (Wildman–Crippen MR) is 368 cm³/mol. The first kappa shape index (κ1) is 89.1. The largest absolute Gasteiger partial charge is 0.472 e. The highest BCUT2D eigenvalue weighted by Gasteiger charge is 2.30. The van der Waals surface area contributed by atoms with E-state index in [1.807, 2.05) is 0 Å². The molecule has 0 spiro atoms. The molecule has 540 valence electrons. The van der Waals surface area contributed by atoms with Crippen LogP contribution < -0.4 is 0 Å². The Morgan fingerprint density at radius 3 is 0.648 bits per heavy atom. The molecule has 0 aliphatic carbocycles. The van der Waals surface area contributed by atoms with Crippen LogP contribution in [0.2, 0.25) is 0 Å². The van der Waals surface area contributed by atoms with E-state index in [0.29, 0.717) is 25.7 Å². The number of hydrogen-bond donors (Lipinski definition) is 3. The van der Waals surface area contributed by atoms with Gasteiger partial charge >= 0.3 is 39.5 Å². The second kappa shape index (κ2) is 66.7. The van der Waals surface area contributed by atoms with Gasteiger partial charge in [-0.1, -0.05) is 329 Å². The van der Waals surface area contributed by atoms with Crippen LogP contribution in [0.4, 0.5) is 0 Å². The summed E-state index contributed by atoms with van der Waals surface area (Å²) >= 11 is 0. The van der Waals surface area contributed by atoms with E-state index in [4.69, 9.17) is 37.0 Å². The fourth-order valence-electron chi connectivity index (χ4n) is 11.0. The topological polar surface area (TPSA) is 237 Å². The Morgan fingerprint density at radius 1 is 0.264 bits per heavy atom. The first-order valence-electron chi connectivity index (χ1n) is 37.8. The van der Waals surface area contributed by atoms with E-state index in [1.54, 1.807) is 0 Å². The number of ether oxygens (including phenoxy) is 4. The molecular formula is C72H140O17P2. The quantitative estimate of drug-likeness (QED) is 0.0222. The number of carbonyl (C=O) groups is 4. The van der Waals surface area contributed by atoms with Crippen LogP contribution in [0.1, 0.15) is 381 Å². The van der Waals surface area contributed by atoms with Crippen LogP contribution in [-0.2, 0) is 65.4 Å². The number of aliphatic hydroxyl groups excluding tert-OH is 1. The summed E-state index contributed by atoms with van der Waals surface area (Å²) < 4.78 is 68.2. The first-order valence-corrected chi connectivity index (χ1v) is 40.8. The summed E-state index contributed by atoms with van der Waals surface area (Å²) in [4.78, 5) is 72.4. The molecule has 91 heavy (non-hydrogen) atoms. The van der Waals surface area contributed by atoms with E-state index in [9.17, 15) is 43.2 Å². The van der Waals surface area contributed by atoms with E-state index in [-0.39, 0.29) is 25.7 Å². The number of esters is 4. The molecule has 0 bridgehead atoms. The van der Waals surface area contributed by atoms with E-state index >= 15 is 0 Å². The Bertz CT molecular complexity index is 1740. The molecule has 0 amide bonds. The van der Waals surface area contributed by atoms with Gasteiger partial charge in [-0.05, 0) is 25.7 Å². The van der Waals surface area contributed by atoms with Gasteiger partial charge in [0.25, 0.3) is 0 Å². The maximum Gasteiger partial charge on any atom is 0.472 e. The summed E-state index contributed by atoms with van der Waals surface area (Å²) in [5.41, 5.74) is 0. The smallest absolute Gasteiger partial charge is 0.462 e. The maximum absolute atomic E-state index is 13.0. The summed E-state index contributed by atoms with van der Waals surface area (Å²) in [6.45, 7) is 4.92. The lowest BCUT2D eigenvalue weighted by molar-refractivity contribution is -0.161. The average Bonchev–Trinajstić information content (AvgIpc) is 3.72. The predicted octanol–water partition coefficient (Wildman–Crippen LogP) is 21.1. The fraction of sp³-hybridized carbons (Fsp3) is 0.944. The second-order valence-corrected chi connectivity index (χ2v) is 28.9. The van der Waals surface area contributed by atoms with Gasteiger partial charge in [0, 0.05) is 25.7 Å².